The quantitative estimate of drug-likeness (QED) is 0.608. The highest BCUT2D eigenvalue weighted by Gasteiger charge is 2.26. The first-order valence-electron chi connectivity index (χ1n) is 7.30. The molecule has 1 fully saturated rings. The van der Waals surface area contributed by atoms with Crippen LogP contribution in [0.15, 0.2) is 16.8 Å². The number of aryl methyl sites for hydroxylation is 1. The Bertz CT molecular complexity index is 323. The highest BCUT2D eigenvalue weighted by Crippen LogP contribution is 2.33. The van der Waals surface area contributed by atoms with Crippen LogP contribution in [0.5, 0.6) is 0 Å². The summed E-state index contributed by atoms with van der Waals surface area (Å²) in [7, 11) is 0. The molecule has 2 rings (SSSR count). The van der Waals surface area contributed by atoms with Gasteiger partial charge in [-0.3, -0.25) is 11.3 Å². The SMILES string of the molecule is CCC1CCCC(C(CCc2ccsc2)NN)C1. The van der Waals surface area contributed by atoms with E-state index >= 15 is 0 Å². The van der Waals surface area contributed by atoms with Crippen molar-refractivity contribution in [2.24, 2.45) is 17.7 Å². The topological polar surface area (TPSA) is 38.0 Å². The molecule has 1 heterocycles. The van der Waals surface area contributed by atoms with Crippen molar-refractivity contribution >= 4 is 11.3 Å². The van der Waals surface area contributed by atoms with Crippen molar-refractivity contribution in [1.82, 2.24) is 5.43 Å². The van der Waals surface area contributed by atoms with Gasteiger partial charge in [-0.15, -0.1) is 0 Å². The van der Waals surface area contributed by atoms with E-state index in [0.29, 0.717) is 6.04 Å². The molecule has 102 valence electrons. The molecule has 0 bridgehead atoms. The molecule has 0 radical (unpaired) electrons. The Morgan fingerprint density at radius 3 is 3.06 bits per heavy atom. The van der Waals surface area contributed by atoms with Crippen LogP contribution in [0.4, 0.5) is 0 Å². The Morgan fingerprint density at radius 1 is 1.50 bits per heavy atom. The number of nitrogens with two attached hydrogens (primary N) is 1. The van der Waals surface area contributed by atoms with E-state index in [1.54, 1.807) is 11.3 Å². The molecule has 1 aromatic rings. The van der Waals surface area contributed by atoms with Gasteiger partial charge in [0.1, 0.15) is 0 Å². The van der Waals surface area contributed by atoms with E-state index in [4.69, 9.17) is 5.84 Å². The first-order valence-corrected chi connectivity index (χ1v) is 8.25. The van der Waals surface area contributed by atoms with Crippen LogP contribution in [0.25, 0.3) is 0 Å². The molecule has 1 aliphatic carbocycles. The van der Waals surface area contributed by atoms with Crippen LogP contribution < -0.4 is 11.3 Å². The van der Waals surface area contributed by atoms with E-state index in [0.717, 1.165) is 18.3 Å². The molecule has 3 N–H and O–H groups in total. The molecule has 0 spiro atoms. The zero-order chi connectivity index (χ0) is 12.8. The molecular weight excluding hydrogens is 240 g/mol. The van der Waals surface area contributed by atoms with Gasteiger partial charge in [-0.1, -0.05) is 26.2 Å². The summed E-state index contributed by atoms with van der Waals surface area (Å²) in [6, 6.07) is 2.73. The second-order valence-corrected chi connectivity index (χ2v) is 6.42. The molecule has 3 unspecified atom stereocenters. The molecule has 3 atom stereocenters. The van der Waals surface area contributed by atoms with E-state index in [-0.39, 0.29) is 0 Å². The Labute approximate surface area is 115 Å². The highest BCUT2D eigenvalue weighted by molar-refractivity contribution is 7.07. The monoisotopic (exact) mass is 266 g/mol. The zero-order valence-electron chi connectivity index (χ0n) is 11.4. The summed E-state index contributed by atoms with van der Waals surface area (Å²) >= 11 is 1.79. The van der Waals surface area contributed by atoms with Crippen molar-refractivity contribution < 1.29 is 0 Å². The van der Waals surface area contributed by atoms with Gasteiger partial charge in [0.15, 0.2) is 0 Å². The number of hydrazine groups is 1. The van der Waals surface area contributed by atoms with Crippen LogP contribution >= 0.6 is 11.3 Å². The number of rotatable bonds is 6. The van der Waals surface area contributed by atoms with Crippen LogP contribution in [0.1, 0.15) is 51.0 Å². The van der Waals surface area contributed by atoms with Crippen molar-refractivity contribution in [2.75, 3.05) is 0 Å². The molecule has 0 amide bonds. The first kappa shape index (κ1) is 14.0. The third-order valence-corrected chi connectivity index (χ3v) is 5.24. The fourth-order valence-electron chi connectivity index (χ4n) is 3.28. The fourth-order valence-corrected chi connectivity index (χ4v) is 3.98. The smallest absolute Gasteiger partial charge is 0.0242 e. The minimum absolute atomic E-state index is 0.499. The molecule has 1 saturated carbocycles. The first-order chi connectivity index (χ1) is 8.83. The molecule has 1 aromatic heterocycles. The largest absolute Gasteiger partial charge is 0.271 e. The van der Waals surface area contributed by atoms with Gasteiger partial charge < -0.3 is 0 Å². The van der Waals surface area contributed by atoms with E-state index in [1.165, 1.54) is 44.1 Å². The zero-order valence-corrected chi connectivity index (χ0v) is 12.2. The minimum Gasteiger partial charge on any atom is -0.271 e. The van der Waals surface area contributed by atoms with Crippen molar-refractivity contribution in [2.45, 2.75) is 57.9 Å². The predicted molar refractivity (Wildman–Crippen MR) is 79.5 cm³/mol. The summed E-state index contributed by atoms with van der Waals surface area (Å²) in [5.41, 5.74) is 4.54. The summed E-state index contributed by atoms with van der Waals surface area (Å²) in [4.78, 5) is 0. The maximum atomic E-state index is 5.78. The van der Waals surface area contributed by atoms with E-state index in [9.17, 15) is 0 Å². The molecule has 18 heavy (non-hydrogen) atoms. The van der Waals surface area contributed by atoms with Gasteiger partial charge in [0.2, 0.25) is 0 Å². The average Bonchev–Trinajstić information content (AvgIpc) is 2.93. The Balaban J connectivity index is 1.83. The molecule has 0 aromatic carbocycles. The van der Waals surface area contributed by atoms with Crippen LogP contribution in [0, 0.1) is 11.8 Å². The van der Waals surface area contributed by atoms with Gasteiger partial charge >= 0.3 is 0 Å². The fraction of sp³-hybridized carbons (Fsp3) is 0.733. The third-order valence-electron chi connectivity index (χ3n) is 4.51. The normalized spacial score (nSPS) is 26.1. The lowest BCUT2D eigenvalue weighted by Gasteiger charge is -2.34. The van der Waals surface area contributed by atoms with Crippen molar-refractivity contribution in [3.8, 4) is 0 Å². The lowest BCUT2D eigenvalue weighted by molar-refractivity contribution is 0.202. The number of nitrogens with one attached hydrogen (secondary N) is 1. The van der Waals surface area contributed by atoms with Crippen molar-refractivity contribution in [1.29, 1.82) is 0 Å². The van der Waals surface area contributed by atoms with E-state index in [2.05, 4.69) is 29.2 Å². The molecule has 2 nitrogen and oxygen atoms in total. The summed E-state index contributed by atoms with van der Waals surface area (Å²) < 4.78 is 0. The third kappa shape index (κ3) is 3.81. The van der Waals surface area contributed by atoms with E-state index in [1.807, 2.05) is 0 Å². The minimum atomic E-state index is 0.499. The van der Waals surface area contributed by atoms with Crippen LogP contribution in [0.2, 0.25) is 0 Å². The van der Waals surface area contributed by atoms with E-state index < -0.39 is 0 Å². The standard InChI is InChI=1S/C15H26N2S/c1-2-12-4-3-5-14(10-12)15(17-16)7-6-13-8-9-18-11-13/h8-9,11-12,14-15,17H,2-7,10,16H2,1H3. The Hall–Kier alpha value is -0.380. The molecular formula is C15H26N2S. The summed E-state index contributed by atoms with van der Waals surface area (Å²) in [5, 5.41) is 4.41. The average molecular weight is 266 g/mol. The summed E-state index contributed by atoms with van der Waals surface area (Å²) in [5.74, 6) is 7.50. The highest BCUT2D eigenvalue weighted by atomic mass is 32.1. The number of hydrogen-bond donors (Lipinski definition) is 2. The van der Waals surface area contributed by atoms with Crippen molar-refractivity contribution in [3.63, 3.8) is 0 Å². The second-order valence-electron chi connectivity index (χ2n) is 5.64. The molecule has 1 aliphatic rings. The molecule has 3 heteroatoms. The van der Waals surface area contributed by atoms with Crippen LogP contribution in [0.3, 0.4) is 0 Å². The van der Waals surface area contributed by atoms with Gasteiger partial charge in [-0.25, -0.2) is 0 Å². The number of hydrogen-bond acceptors (Lipinski definition) is 3. The molecule has 0 aliphatic heterocycles. The second kappa shape index (κ2) is 7.27. The van der Waals surface area contributed by atoms with Gasteiger partial charge in [-0.05, 0) is 59.9 Å². The predicted octanol–water partition coefficient (Wildman–Crippen LogP) is 3.73. The lowest BCUT2D eigenvalue weighted by atomic mass is 9.76. The summed E-state index contributed by atoms with van der Waals surface area (Å²) in [6.45, 7) is 2.32. The maximum Gasteiger partial charge on any atom is 0.0242 e. The summed E-state index contributed by atoms with van der Waals surface area (Å²) in [6.07, 6.45) is 9.21. The molecule has 0 saturated heterocycles. The number of thiophene rings is 1. The Morgan fingerprint density at radius 2 is 2.39 bits per heavy atom. The van der Waals surface area contributed by atoms with Gasteiger partial charge in [0.25, 0.3) is 0 Å². The van der Waals surface area contributed by atoms with Crippen molar-refractivity contribution in [3.05, 3.63) is 22.4 Å². The van der Waals surface area contributed by atoms with Gasteiger partial charge in [-0.2, -0.15) is 11.3 Å². The van der Waals surface area contributed by atoms with Gasteiger partial charge in [0.05, 0.1) is 0 Å². The van der Waals surface area contributed by atoms with Gasteiger partial charge in [0, 0.05) is 6.04 Å². The Kier molecular flexibility index (Phi) is 5.67. The lowest BCUT2D eigenvalue weighted by Crippen LogP contribution is -2.42. The van der Waals surface area contributed by atoms with Crippen LogP contribution in [-0.4, -0.2) is 6.04 Å². The van der Waals surface area contributed by atoms with Crippen LogP contribution in [-0.2, 0) is 6.42 Å². The maximum absolute atomic E-state index is 5.78.